The Labute approximate surface area is 123 Å². The van der Waals surface area contributed by atoms with Gasteiger partial charge in [-0.25, -0.2) is 8.78 Å². The summed E-state index contributed by atoms with van der Waals surface area (Å²) in [6, 6.07) is 0.397. The van der Waals surface area contributed by atoms with Crippen molar-refractivity contribution in [1.29, 1.82) is 0 Å². The van der Waals surface area contributed by atoms with Crippen LogP contribution in [0.5, 0.6) is 0 Å². The minimum atomic E-state index is -2.44. The van der Waals surface area contributed by atoms with E-state index in [2.05, 4.69) is 22.4 Å². The van der Waals surface area contributed by atoms with Crippen molar-refractivity contribution in [3.63, 3.8) is 0 Å². The summed E-state index contributed by atoms with van der Waals surface area (Å²) in [6.07, 6.45) is 2.39. The lowest BCUT2D eigenvalue weighted by Gasteiger charge is -2.17. The van der Waals surface area contributed by atoms with Crippen LogP contribution in [0.25, 0.3) is 0 Å². The number of rotatable bonds is 9. The Balaban J connectivity index is 1.81. The van der Waals surface area contributed by atoms with Crippen molar-refractivity contribution >= 4 is 0 Å². The number of aromatic nitrogens is 2. The SMILES string of the molecule is CCCNC1CCCC1c1nc(CCOCC(F)F)no1. The van der Waals surface area contributed by atoms with E-state index >= 15 is 0 Å². The normalized spacial score (nSPS) is 22.3. The Hall–Kier alpha value is -1.08. The highest BCUT2D eigenvalue weighted by Gasteiger charge is 2.32. The molecule has 1 saturated carbocycles. The second-order valence-corrected chi connectivity index (χ2v) is 5.36. The first-order valence-corrected chi connectivity index (χ1v) is 7.62. The molecule has 5 nitrogen and oxygen atoms in total. The van der Waals surface area contributed by atoms with Crippen LogP contribution in [0, 0.1) is 0 Å². The van der Waals surface area contributed by atoms with E-state index in [0.29, 0.717) is 24.2 Å². The fourth-order valence-corrected chi connectivity index (χ4v) is 2.69. The second kappa shape index (κ2) is 8.38. The lowest BCUT2D eigenvalue weighted by molar-refractivity contribution is 0.0182. The summed E-state index contributed by atoms with van der Waals surface area (Å²) in [5.41, 5.74) is 0. The molecular formula is C14H23F2N3O2. The number of halogens is 2. The molecule has 0 bridgehead atoms. The van der Waals surface area contributed by atoms with E-state index in [1.54, 1.807) is 0 Å². The van der Waals surface area contributed by atoms with Crippen LogP contribution in [0.4, 0.5) is 8.78 Å². The van der Waals surface area contributed by atoms with Crippen LogP contribution < -0.4 is 5.32 Å². The number of hydrogen-bond acceptors (Lipinski definition) is 5. The Morgan fingerprint density at radius 2 is 2.29 bits per heavy atom. The Morgan fingerprint density at radius 3 is 3.05 bits per heavy atom. The van der Waals surface area contributed by atoms with Crippen LogP contribution in [-0.4, -0.2) is 42.4 Å². The van der Waals surface area contributed by atoms with Gasteiger partial charge in [-0.2, -0.15) is 4.98 Å². The fraction of sp³-hybridized carbons (Fsp3) is 0.857. The van der Waals surface area contributed by atoms with E-state index in [1.807, 2.05) is 0 Å². The van der Waals surface area contributed by atoms with Gasteiger partial charge < -0.3 is 14.6 Å². The summed E-state index contributed by atoms with van der Waals surface area (Å²) in [6.45, 7) is 2.77. The first kappa shape index (κ1) is 16.3. The van der Waals surface area contributed by atoms with Crippen molar-refractivity contribution in [2.75, 3.05) is 19.8 Å². The van der Waals surface area contributed by atoms with Crippen LogP contribution in [0.3, 0.4) is 0 Å². The molecule has 0 spiro atoms. The third-order valence-electron chi connectivity index (χ3n) is 3.69. The fourth-order valence-electron chi connectivity index (χ4n) is 2.69. The van der Waals surface area contributed by atoms with Crippen molar-refractivity contribution in [3.8, 4) is 0 Å². The van der Waals surface area contributed by atoms with Gasteiger partial charge in [0.1, 0.15) is 6.61 Å². The molecule has 120 valence electrons. The molecule has 1 aromatic heterocycles. The number of hydrogen-bond donors (Lipinski definition) is 1. The molecule has 1 N–H and O–H groups in total. The van der Waals surface area contributed by atoms with E-state index in [4.69, 9.17) is 9.26 Å². The van der Waals surface area contributed by atoms with Crippen LogP contribution in [-0.2, 0) is 11.2 Å². The van der Waals surface area contributed by atoms with Gasteiger partial charge in [-0.1, -0.05) is 18.5 Å². The summed E-state index contributed by atoms with van der Waals surface area (Å²) in [5, 5.41) is 7.43. The molecule has 1 aliphatic carbocycles. The highest BCUT2D eigenvalue weighted by atomic mass is 19.3. The largest absolute Gasteiger partial charge is 0.375 e. The van der Waals surface area contributed by atoms with Crippen molar-refractivity contribution in [1.82, 2.24) is 15.5 Å². The van der Waals surface area contributed by atoms with Crippen LogP contribution in [0.1, 0.15) is 50.2 Å². The highest BCUT2D eigenvalue weighted by molar-refractivity contribution is 5.03. The van der Waals surface area contributed by atoms with Crippen LogP contribution >= 0.6 is 0 Å². The zero-order chi connectivity index (χ0) is 15.1. The third-order valence-corrected chi connectivity index (χ3v) is 3.69. The number of alkyl halides is 2. The van der Waals surface area contributed by atoms with Crippen molar-refractivity contribution < 1.29 is 18.0 Å². The molecule has 0 radical (unpaired) electrons. The van der Waals surface area contributed by atoms with Gasteiger partial charge in [0, 0.05) is 12.5 Å². The zero-order valence-electron chi connectivity index (χ0n) is 12.4. The molecule has 0 aliphatic heterocycles. The molecule has 0 aromatic carbocycles. The van der Waals surface area contributed by atoms with Gasteiger partial charge in [0.05, 0.1) is 12.5 Å². The quantitative estimate of drug-likeness (QED) is 0.710. The molecule has 2 rings (SSSR count). The second-order valence-electron chi connectivity index (χ2n) is 5.36. The molecule has 1 aromatic rings. The smallest absolute Gasteiger partial charge is 0.261 e. The Kier molecular flexibility index (Phi) is 6.50. The van der Waals surface area contributed by atoms with E-state index in [9.17, 15) is 8.78 Å². The average Bonchev–Trinajstić information content (AvgIpc) is 3.09. The summed E-state index contributed by atoms with van der Waals surface area (Å²) in [4.78, 5) is 4.38. The predicted octanol–water partition coefficient (Wildman–Crippen LogP) is 2.53. The minimum absolute atomic E-state index is 0.186. The van der Waals surface area contributed by atoms with Crippen molar-refractivity contribution in [3.05, 3.63) is 11.7 Å². The molecule has 7 heteroatoms. The Bertz CT molecular complexity index is 415. The molecular weight excluding hydrogens is 280 g/mol. The molecule has 1 heterocycles. The Morgan fingerprint density at radius 1 is 1.43 bits per heavy atom. The summed E-state index contributed by atoms with van der Waals surface area (Å²) >= 11 is 0. The molecule has 0 amide bonds. The standard InChI is InChI=1S/C14H23F2N3O2/c1-2-7-17-11-5-3-4-10(11)14-18-13(19-21-14)6-8-20-9-12(15)16/h10-12,17H,2-9H2,1H3. The molecule has 2 unspecified atom stereocenters. The number of nitrogens with one attached hydrogen (secondary N) is 1. The van der Waals surface area contributed by atoms with Gasteiger partial charge in [0.2, 0.25) is 5.89 Å². The van der Waals surface area contributed by atoms with Gasteiger partial charge in [-0.3, -0.25) is 0 Å². The lowest BCUT2D eigenvalue weighted by atomic mass is 10.0. The summed E-state index contributed by atoms with van der Waals surface area (Å²) in [7, 11) is 0. The summed E-state index contributed by atoms with van der Waals surface area (Å²) in [5.74, 6) is 1.45. The van der Waals surface area contributed by atoms with E-state index in [-0.39, 0.29) is 12.5 Å². The van der Waals surface area contributed by atoms with Crippen LogP contribution in [0.15, 0.2) is 4.52 Å². The van der Waals surface area contributed by atoms with Crippen molar-refractivity contribution in [2.24, 2.45) is 0 Å². The van der Waals surface area contributed by atoms with Crippen molar-refractivity contribution in [2.45, 2.75) is 57.4 Å². The first-order chi connectivity index (χ1) is 10.2. The molecule has 21 heavy (non-hydrogen) atoms. The topological polar surface area (TPSA) is 60.2 Å². The first-order valence-electron chi connectivity index (χ1n) is 7.62. The zero-order valence-corrected chi connectivity index (χ0v) is 12.4. The predicted molar refractivity (Wildman–Crippen MR) is 73.5 cm³/mol. The van der Waals surface area contributed by atoms with Crippen LogP contribution in [0.2, 0.25) is 0 Å². The molecule has 0 saturated heterocycles. The molecule has 1 aliphatic rings. The van der Waals surface area contributed by atoms with Gasteiger partial charge >= 0.3 is 0 Å². The maximum Gasteiger partial charge on any atom is 0.261 e. The van der Waals surface area contributed by atoms with E-state index in [0.717, 1.165) is 32.2 Å². The average molecular weight is 303 g/mol. The number of ether oxygens (including phenoxy) is 1. The maximum absolute atomic E-state index is 11.9. The molecule has 2 atom stereocenters. The van der Waals surface area contributed by atoms with Gasteiger partial charge in [-0.15, -0.1) is 0 Å². The molecule has 1 fully saturated rings. The lowest BCUT2D eigenvalue weighted by Crippen LogP contribution is -2.31. The monoisotopic (exact) mass is 303 g/mol. The number of nitrogens with zero attached hydrogens (tertiary/aromatic N) is 2. The maximum atomic E-state index is 11.9. The third kappa shape index (κ3) is 5.00. The van der Waals surface area contributed by atoms with Gasteiger partial charge in [0.25, 0.3) is 6.43 Å². The van der Waals surface area contributed by atoms with Gasteiger partial charge in [-0.05, 0) is 25.8 Å². The van der Waals surface area contributed by atoms with E-state index < -0.39 is 13.0 Å². The summed E-state index contributed by atoms with van der Waals surface area (Å²) < 4.78 is 34.0. The van der Waals surface area contributed by atoms with E-state index in [1.165, 1.54) is 0 Å². The van der Waals surface area contributed by atoms with Gasteiger partial charge in [0.15, 0.2) is 5.82 Å². The highest BCUT2D eigenvalue weighted by Crippen LogP contribution is 2.33. The minimum Gasteiger partial charge on any atom is -0.375 e.